The Morgan fingerprint density at radius 3 is 2.10 bits per heavy atom. The van der Waals surface area contributed by atoms with Crippen LogP contribution in [-0.2, 0) is 0 Å². The summed E-state index contributed by atoms with van der Waals surface area (Å²) in [6, 6.07) is 15.3. The minimum atomic E-state index is -0.384. The van der Waals surface area contributed by atoms with Gasteiger partial charge < -0.3 is 5.32 Å². The number of non-ortho nitro benzene ring substituents is 1. The van der Waals surface area contributed by atoms with Crippen LogP contribution in [0.1, 0.15) is 25.5 Å². The van der Waals surface area contributed by atoms with E-state index in [2.05, 4.69) is 43.4 Å². The molecule has 0 saturated carbocycles. The van der Waals surface area contributed by atoms with Gasteiger partial charge in [0, 0.05) is 28.0 Å². The number of benzene rings is 2. The molecule has 0 bridgehead atoms. The highest BCUT2D eigenvalue weighted by Crippen LogP contribution is 2.29. The number of nitrogens with zero attached hydrogens (tertiary/aromatic N) is 1. The Bertz CT molecular complexity index is 597. The van der Waals surface area contributed by atoms with Gasteiger partial charge in [0.1, 0.15) is 0 Å². The van der Waals surface area contributed by atoms with Gasteiger partial charge >= 0.3 is 0 Å². The lowest BCUT2D eigenvalue weighted by Gasteiger charge is -2.13. The van der Waals surface area contributed by atoms with Gasteiger partial charge in [-0.15, -0.1) is 0 Å². The van der Waals surface area contributed by atoms with E-state index in [0.29, 0.717) is 6.04 Å². The lowest BCUT2D eigenvalue weighted by atomic mass is 10.1. The molecule has 2 rings (SSSR count). The van der Waals surface area contributed by atoms with Crippen LogP contribution in [0.2, 0.25) is 0 Å². The molecule has 1 atom stereocenters. The Morgan fingerprint density at radius 1 is 1.10 bits per heavy atom. The third-order valence-electron chi connectivity index (χ3n) is 3.17. The van der Waals surface area contributed by atoms with Crippen molar-refractivity contribution >= 4 is 17.4 Å². The van der Waals surface area contributed by atoms with Crippen molar-refractivity contribution < 1.29 is 4.92 Å². The first-order valence-corrected chi connectivity index (χ1v) is 7.67. The molecule has 0 amide bonds. The Morgan fingerprint density at radius 2 is 1.62 bits per heavy atom. The van der Waals surface area contributed by atoms with Crippen LogP contribution in [0.5, 0.6) is 0 Å². The molecule has 21 heavy (non-hydrogen) atoms. The van der Waals surface area contributed by atoms with Gasteiger partial charge in [0.05, 0.1) is 4.92 Å². The van der Waals surface area contributed by atoms with Crippen LogP contribution in [0.25, 0.3) is 0 Å². The maximum Gasteiger partial charge on any atom is 0.269 e. The number of hydrogen-bond acceptors (Lipinski definition) is 4. The molecule has 2 aromatic carbocycles. The van der Waals surface area contributed by atoms with Crippen LogP contribution in [-0.4, -0.2) is 11.5 Å². The van der Waals surface area contributed by atoms with Crippen molar-refractivity contribution in [3.63, 3.8) is 0 Å². The van der Waals surface area contributed by atoms with Crippen LogP contribution in [0.15, 0.2) is 58.3 Å². The van der Waals surface area contributed by atoms with Crippen molar-refractivity contribution in [2.24, 2.45) is 0 Å². The molecule has 0 heterocycles. The summed E-state index contributed by atoms with van der Waals surface area (Å²) in [5.41, 5.74) is 1.37. The van der Waals surface area contributed by atoms with E-state index in [9.17, 15) is 10.1 Å². The van der Waals surface area contributed by atoms with E-state index < -0.39 is 0 Å². The smallest absolute Gasteiger partial charge is 0.269 e. The maximum atomic E-state index is 10.6. The molecule has 0 aliphatic carbocycles. The van der Waals surface area contributed by atoms with Gasteiger partial charge in [-0.1, -0.05) is 30.8 Å². The van der Waals surface area contributed by atoms with Crippen LogP contribution in [0.4, 0.5) is 5.69 Å². The summed E-state index contributed by atoms with van der Waals surface area (Å²) >= 11 is 1.60. The Kier molecular flexibility index (Phi) is 5.36. The summed E-state index contributed by atoms with van der Waals surface area (Å²) in [4.78, 5) is 12.3. The third kappa shape index (κ3) is 4.31. The van der Waals surface area contributed by atoms with Crippen molar-refractivity contribution in [1.82, 2.24) is 5.32 Å². The Hall–Kier alpha value is -1.85. The number of hydrogen-bond donors (Lipinski definition) is 1. The number of nitro benzene ring substituents is 1. The van der Waals surface area contributed by atoms with Crippen molar-refractivity contribution in [2.45, 2.75) is 29.7 Å². The van der Waals surface area contributed by atoms with E-state index >= 15 is 0 Å². The predicted molar refractivity (Wildman–Crippen MR) is 85.8 cm³/mol. The van der Waals surface area contributed by atoms with Crippen LogP contribution in [0, 0.1) is 10.1 Å². The average Bonchev–Trinajstić information content (AvgIpc) is 2.49. The van der Waals surface area contributed by atoms with E-state index in [0.717, 1.165) is 16.3 Å². The quantitative estimate of drug-likeness (QED) is 0.634. The molecule has 1 N–H and O–H groups in total. The topological polar surface area (TPSA) is 55.2 Å². The highest BCUT2D eigenvalue weighted by atomic mass is 32.2. The number of rotatable bonds is 6. The van der Waals surface area contributed by atoms with Crippen LogP contribution >= 0.6 is 11.8 Å². The van der Waals surface area contributed by atoms with Gasteiger partial charge in [-0.3, -0.25) is 10.1 Å². The molecular weight excluding hydrogens is 284 g/mol. The zero-order valence-corrected chi connectivity index (χ0v) is 12.9. The largest absolute Gasteiger partial charge is 0.310 e. The zero-order chi connectivity index (χ0) is 15.2. The first-order valence-electron chi connectivity index (χ1n) is 6.86. The molecule has 0 radical (unpaired) electrons. The van der Waals surface area contributed by atoms with E-state index in [1.165, 1.54) is 17.7 Å². The molecular formula is C16H18N2O2S. The number of nitrogens with one attached hydrogen (secondary N) is 1. The van der Waals surface area contributed by atoms with Gasteiger partial charge in [0.2, 0.25) is 0 Å². The van der Waals surface area contributed by atoms with E-state index in [1.807, 2.05) is 0 Å². The molecule has 2 aromatic rings. The summed E-state index contributed by atoms with van der Waals surface area (Å²) in [7, 11) is 0. The fourth-order valence-corrected chi connectivity index (χ4v) is 2.84. The van der Waals surface area contributed by atoms with Crippen molar-refractivity contribution in [2.75, 3.05) is 6.54 Å². The SMILES string of the molecule is CCNC(C)c1ccc(Sc2ccc([N+](=O)[O-])cc2)cc1. The zero-order valence-electron chi connectivity index (χ0n) is 12.1. The molecule has 110 valence electrons. The highest BCUT2D eigenvalue weighted by Gasteiger charge is 2.06. The van der Waals surface area contributed by atoms with E-state index in [4.69, 9.17) is 0 Å². The summed E-state index contributed by atoms with van der Waals surface area (Å²) in [6.07, 6.45) is 0. The first-order chi connectivity index (χ1) is 10.1. The molecule has 1 unspecified atom stereocenters. The minimum absolute atomic E-state index is 0.120. The first kappa shape index (κ1) is 15.5. The fraction of sp³-hybridized carbons (Fsp3) is 0.250. The molecule has 0 saturated heterocycles. The van der Waals surface area contributed by atoms with Gasteiger partial charge in [-0.2, -0.15) is 0 Å². The lowest BCUT2D eigenvalue weighted by Crippen LogP contribution is -2.17. The van der Waals surface area contributed by atoms with Gasteiger partial charge in [0.15, 0.2) is 0 Å². The van der Waals surface area contributed by atoms with Crippen LogP contribution in [0.3, 0.4) is 0 Å². The average molecular weight is 302 g/mol. The molecule has 0 aliphatic rings. The molecule has 5 heteroatoms. The Balaban J connectivity index is 2.04. The monoisotopic (exact) mass is 302 g/mol. The number of nitro groups is 1. The minimum Gasteiger partial charge on any atom is -0.310 e. The van der Waals surface area contributed by atoms with Crippen LogP contribution < -0.4 is 5.32 Å². The summed E-state index contributed by atoms with van der Waals surface area (Å²) < 4.78 is 0. The normalized spacial score (nSPS) is 12.1. The molecule has 0 aromatic heterocycles. The third-order valence-corrected chi connectivity index (χ3v) is 4.19. The second-order valence-electron chi connectivity index (χ2n) is 4.70. The second-order valence-corrected chi connectivity index (χ2v) is 5.85. The Labute approximate surface area is 128 Å². The molecule has 0 aliphatic heterocycles. The standard InChI is InChI=1S/C16H18N2O2S/c1-3-17-12(2)13-4-8-15(9-5-13)21-16-10-6-14(7-11-16)18(19)20/h4-12,17H,3H2,1-2H3. The summed E-state index contributed by atoms with van der Waals surface area (Å²) in [5.74, 6) is 0. The summed E-state index contributed by atoms with van der Waals surface area (Å²) in [6.45, 7) is 5.18. The lowest BCUT2D eigenvalue weighted by molar-refractivity contribution is -0.384. The van der Waals surface area contributed by atoms with E-state index in [-0.39, 0.29) is 10.6 Å². The molecule has 4 nitrogen and oxygen atoms in total. The van der Waals surface area contributed by atoms with Crippen molar-refractivity contribution in [1.29, 1.82) is 0 Å². The fourth-order valence-electron chi connectivity index (χ4n) is 2.02. The second kappa shape index (κ2) is 7.24. The van der Waals surface area contributed by atoms with Crippen molar-refractivity contribution in [3.8, 4) is 0 Å². The predicted octanol–water partition coefficient (Wildman–Crippen LogP) is 4.42. The highest BCUT2D eigenvalue weighted by molar-refractivity contribution is 7.99. The van der Waals surface area contributed by atoms with Gasteiger partial charge in [-0.05, 0) is 43.3 Å². The maximum absolute atomic E-state index is 10.6. The van der Waals surface area contributed by atoms with Crippen molar-refractivity contribution in [3.05, 3.63) is 64.2 Å². The van der Waals surface area contributed by atoms with Gasteiger partial charge in [-0.25, -0.2) is 0 Å². The van der Waals surface area contributed by atoms with E-state index in [1.54, 1.807) is 23.9 Å². The summed E-state index contributed by atoms with van der Waals surface area (Å²) in [5, 5.41) is 14.0. The van der Waals surface area contributed by atoms with Gasteiger partial charge in [0.25, 0.3) is 5.69 Å². The molecule has 0 spiro atoms. The molecule has 0 fully saturated rings.